The molecule has 0 fully saturated rings. The minimum absolute atomic E-state index is 0.0966. The second-order valence-corrected chi connectivity index (χ2v) is 4.63. The summed E-state index contributed by atoms with van der Waals surface area (Å²) in [6.45, 7) is 4.64. The normalized spacial score (nSPS) is 10.3. The molecule has 1 N–H and O–H groups in total. The molecule has 1 rings (SSSR count). The second-order valence-electron chi connectivity index (χ2n) is 3.77. The summed E-state index contributed by atoms with van der Waals surface area (Å²) in [6, 6.07) is 0. The van der Waals surface area contributed by atoms with Crippen LogP contribution in [0.5, 0.6) is 0 Å². The first kappa shape index (κ1) is 15.6. The molecule has 1 aromatic rings. The van der Waals surface area contributed by atoms with Crippen molar-refractivity contribution in [1.82, 2.24) is 9.88 Å². The summed E-state index contributed by atoms with van der Waals surface area (Å²) in [6.07, 6.45) is 0.792. The number of thiazole rings is 1. The number of esters is 1. The van der Waals surface area contributed by atoms with E-state index in [4.69, 9.17) is 9.84 Å². The van der Waals surface area contributed by atoms with Crippen LogP contribution in [0.25, 0.3) is 0 Å². The maximum atomic E-state index is 12.1. The highest BCUT2D eigenvalue weighted by molar-refractivity contribution is 7.11. The van der Waals surface area contributed by atoms with Crippen molar-refractivity contribution in [3.63, 3.8) is 0 Å². The molecule has 0 aliphatic carbocycles. The summed E-state index contributed by atoms with van der Waals surface area (Å²) in [5.74, 6) is -0.793. The van der Waals surface area contributed by atoms with E-state index in [0.717, 1.165) is 17.8 Å². The first-order valence-corrected chi connectivity index (χ1v) is 7.04. The molecule has 0 atom stereocenters. The molecule has 0 bridgehead atoms. The predicted octanol–water partition coefficient (Wildman–Crippen LogP) is 1.16. The number of ether oxygens (including phenoxy) is 1. The van der Waals surface area contributed by atoms with Crippen LogP contribution in [0.15, 0.2) is 5.38 Å². The van der Waals surface area contributed by atoms with Crippen molar-refractivity contribution in [2.75, 3.05) is 26.3 Å². The molecular formula is C12H18N2O4S. The first-order chi connectivity index (χ1) is 9.13. The lowest BCUT2D eigenvalue weighted by molar-refractivity contribution is 0.0525. The van der Waals surface area contributed by atoms with Crippen LogP contribution in [0.1, 0.15) is 40.6 Å². The molecule has 1 aromatic heterocycles. The van der Waals surface area contributed by atoms with E-state index < -0.39 is 5.97 Å². The highest BCUT2D eigenvalue weighted by atomic mass is 32.1. The van der Waals surface area contributed by atoms with Gasteiger partial charge in [-0.1, -0.05) is 6.92 Å². The van der Waals surface area contributed by atoms with Gasteiger partial charge in [-0.15, -0.1) is 11.3 Å². The van der Waals surface area contributed by atoms with Crippen molar-refractivity contribution < 1.29 is 19.4 Å². The number of nitrogens with zero attached hydrogens (tertiary/aromatic N) is 2. The first-order valence-electron chi connectivity index (χ1n) is 6.16. The molecule has 0 radical (unpaired) electrons. The maximum Gasteiger partial charge on any atom is 0.367 e. The van der Waals surface area contributed by atoms with Crippen LogP contribution in [-0.2, 0) is 4.74 Å². The number of rotatable bonds is 7. The molecule has 19 heavy (non-hydrogen) atoms. The van der Waals surface area contributed by atoms with Gasteiger partial charge >= 0.3 is 5.97 Å². The number of hydrogen-bond acceptors (Lipinski definition) is 6. The number of aliphatic hydroxyl groups excluding tert-OH is 1. The fourth-order valence-electron chi connectivity index (χ4n) is 1.53. The molecule has 6 nitrogen and oxygen atoms in total. The third-order valence-corrected chi connectivity index (χ3v) is 3.15. The molecule has 0 unspecified atom stereocenters. The topological polar surface area (TPSA) is 79.7 Å². The molecule has 1 heterocycles. The average Bonchev–Trinajstić information content (AvgIpc) is 2.87. The van der Waals surface area contributed by atoms with E-state index in [1.165, 1.54) is 10.3 Å². The van der Waals surface area contributed by atoms with Gasteiger partial charge in [0, 0.05) is 18.5 Å². The third kappa shape index (κ3) is 4.29. The zero-order valence-electron chi connectivity index (χ0n) is 11.1. The minimum Gasteiger partial charge on any atom is -0.461 e. The van der Waals surface area contributed by atoms with Crippen molar-refractivity contribution in [2.45, 2.75) is 20.3 Å². The Labute approximate surface area is 116 Å². The van der Waals surface area contributed by atoms with Gasteiger partial charge in [0.1, 0.15) is 5.69 Å². The van der Waals surface area contributed by atoms with Gasteiger partial charge in [-0.2, -0.15) is 0 Å². The van der Waals surface area contributed by atoms with Gasteiger partial charge in [-0.3, -0.25) is 4.79 Å². The summed E-state index contributed by atoms with van der Waals surface area (Å²) in [7, 11) is 0. The Morgan fingerprint density at radius 1 is 1.42 bits per heavy atom. The molecule has 0 saturated carbocycles. The predicted molar refractivity (Wildman–Crippen MR) is 71.4 cm³/mol. The molecule has 0 spiro atoms. The second kappa shape index (κ2) is 7.85. The molecule has 1 amide bonds. The van der Waals surface area contributed by atoms with E-state index in [1.54, 1.807) is 6.92 Å². The molecule has 0 saturated heterocycles. The number of carbonyl (C=O) groups excluding carboxylic acids is 2. The fraction of sp³-hybridized carbons (Fsp3) is 0.583. The van der Waals surface area contributed by atoms with Gasteiger partial charge < -0.3 is 14.7 Å². The SMILES string of the molecule is CCCN(CCO)C(=O)c1csc(C(=O)OCC)n1. The number of aliphatic hydroxyl groups is 1. The Morgan fingerprint density at radius 3 is 2.74 bits per heavy atom. The monoisotopic (exact) mass is 286 g/mol. The van der Waals surface area contributed by atoms with E-state index in [0.29, 0.717) is 6.54 Å². The number of aromatic nitrogens is 1. The van der Waals surface area contributed by atoms with Gasteiger partial charge in [0.2, 0.25) is 5.01 Å². The Balaban J connectivity index is 2.78. The Bertz CT molecular complexity index is 427. The van der Waals surface area contributed by atoms with Crippen LogP contribution in [-0.4, -0.2) is 53.2 Å². The molecule has 0 aliphatic heterocycles. The Morgan fingerprint density at radius 2 is 2.16 bits per heavy atom. The zero-order valence-corrected chi connectivity index (χ0v) is 11.9. The van der Waals surface area contributed by atoms with Crippen molar-refractivity contribution in [3.8, 4) is 0 Å². The van der Waals surface area contributed by atoms with Gasteiger partial charge in [-0.25, -0.2) is 9.78 Å². The van der Waals surface area contributed by atoms with Crippen molar-refractivity contribution in [1.29, 1.82) is 0 Å². The zero-order chi connectivity index (χ0) is 14.3. The van der Waals surface area contributed by atoms with Gasteiger partial charge in [0.25, 0.3) is 5.91 Å². The van der Waals surface area contributed by atoms with Crippen LogP contribution in [0.4, 0.5) is 0 Å². The van der Waals surface area contributed by atoms with Crippen LogP contribution in [0, 0.1) is 0 Å². The molecule has 0 aromatic carbocycles. The summed E-state index contributed by atoms with van der Waals surface area (Å²) in [5, 5.41) is 10.6. The molecule has 0 aliphatic rings. The van der Waals surface area contributed by atoms with Crippen molar-refractivity contribution in [3.05, 3.63) is 16.1 Å². The lowest BCUT2D eigenvalue weighted by Gasteiger charge is -2.19. The lowest BCUT2D eigenvalue weighted by Crippen LogP contribution is -2.34. The van der Waals surface area contributed by atoms with E-state index in [-0.39, 0.29) is 36.4 Å². The summed E-state index contributed by atoms with van der Waals surface area (Å²) in [4.78, 5) is 29.1. The summed E-state index contributed by atoms with van der Waals surface area (Å²) < 4.78 is 4.82. The van der Waals surface area contributed by atoms with Crippen LogP contribution >= 0.6 is 11.3 Å². The largest absolute Gasteiger partial charge is 0.461 e. The Hall–Kier alpha value is -1.47. The highest BCUT2D eigenvalue weighted by Crippen LogP contribution is 2.13. The maximum absolute atomic E-state index is 12.1. The quantitative estimate of drug-likeness (QED) is 0.761. The number of carbonyl (C=O) groups is 2. The molecule has 106 valence electrons. The van der Waals surface area contributed by atoms with Crippen molar-refractivity contribution in [2.24, 2.45) is 0 Å². The summed E-state index contributed by atoms with van der Waals surface area (Å²) >= 11 is 1.08. The van der Waals surface area contributed by atoms with E-state index in [2.05, 4.69) is 4.98 Å². The number of hydrogen-bond donors (Lipinski definition) is 1. The van der Waals surface area contributed by atoms with Crippen LogP contribution < -0.4 is 0 Å². The molecular weight excluding hydrogens is 268 g/mol. The van der Waals surface area contributed by atoms with E-state index in [9.17, 15) is 9.59 Å². The van der Waals surface area contributed by atoms with E-state index >= 15 is 0 Å². The smallest absolute Gasteiger partial charge is 0.367 e. The van der Waals surface area contributed by atoms with Crippen LogP contribution in [0.3, 0.4) is 0 Å². The standard InChI is InChI=1S/C12H18N2O4S/c1-3-5-14(6-7-15)11(16)9-8-19-10(13-9)12(17)18-4-2/h8,15H,3-7H2,1-2H3. The fourth-order valence-corrected chi connectivity index (χ4v) is 2.21. The van der Waals surface area contributed by atoms with Crippen molar-refractivity contribution >= 4 is 23.2 Å². The molecule has 7 heteroatoms. The van der Waals surface area contributed by atoms with Gasteiger partial charge in [0.15, 0.2) is 0 Å². The van der Waals surface area contributed by atoms with E-state index in [1.807, 2.05) is 6.92 Å². The van der Waals surface area contributed by atoms with Crippen LogP contribution in [0.2, 0.25) is 0 Å². The average molecular weight is 286 g/mol. The number of amides is 1. The van der Waals surface area contributed by atoms with Gasteiger partial charge in [-0.05, 0) is 13.3 Å². The minimum atomic E-state index is -0.518. The lowest BCUT2D eigenvalue weighted by atomic mass is 10.3. The summed E-state index contributed by atoms with van der Waals surface area (Å²) in [5.41, 5.74) is 0.218. The highest BCUT2D eigenvalue weighted by Gasteiger charge is 2.20. The Kier molecular flexibility index (Phi) is 6.44. The van der Waals surface area contributed by atoms with Gasteiger partial charge in [0.05, 0.1) is 13.2 Å². The third-order valence-electron chi connectivity index (χ3n) is 2.32.